The number of aromatic nitrogens is 2. The van der Waals surface area contributed by atoms with Gasteiger partial charge >= 0.3 is 6.09 Å². The molecule has 0 aliphatic carbocycles. The maximum Gasteiger partial charge on any atom is 0.410 e. The van der Waals surface area contributed by atoms with Gasteiger partial charge in [-0.3, -0.25) is 0 Å². The number of nitrogens with zero attached hydrogens (tertiary/aromatic N) is 3. The zero-order valence-corrected chi connectivity index (χ0v) is 13.5. The van der Waals surface area contributed by atoms with E-state index in [0.29, 0.717) is 19.5 Å². The van der Waals surface area contributed by atoms with Crippen LogP contribution in [0.4, 0.5) is 4.79 Å². The first-order valence-corrected chi connectivity index (χ1v) is 7.54. The topological polar surface area (TPSA) is 81.3 Å². The zero-order chi connectivity index (χ0) is 16.2. The lowest BCUT2D eigenvalue weighted by molar-refractivity contribution is 0.0236. The van der Waals surface area contributed by atoms with Crippen molar-refractivity contribution in [2.45, 2.75) is 45.6 Å². The molecule has 0 spiro atoms. The van der Waals surface area contributed by atoms with E-state index in [4.69, 9.17) is 10.5 Å². The standard InChI is InChI=1S/C16H24N4O2/c1-16(2,3)22-15(21)20-8-5-12(6-9-20)14(17)10-13-4-7-18-11-19-13/h4,7,11H,5-6,8-10,17H2,1-3H3. The summed E-state index contributed by atoms with van der Waals surface area (Å²) in [4.78, 5) is 21.8. The number of ether oxygens (including phenoxy) is 1. The van der Waals surface area contributed by atoms with Gasteiger partial charge in [0.15, 0.2) is 0 Å². The second kappa shape index (κ2) is 6.77. The van der Waals surface area contributed by atoms with Crippen LogP contribution in [0.15, 0.2) is 29.9 Å². The van der Waals surface area contributed by atoms with Gasteiger partial charge in [-0.05, 0) is 45.3 Å². The Kier molecular flexibility index (Phi) is 5.00. The van der Waals surface area contributed by atoms with E-state index in [0.717, 1.165) is 24.2 Å². The molecule has 22 heavy (non-hydrogen) atoms. The first kappa shape index (κ1) is 16.3. The Morgan fingerprint density at radius 2 is 2.05 bits per heavy atom. The number of nitrogens with two attached hydrogens (primary N) is 1. The van der Waals surface area contributed by atoms with Gasteiger partial charge in [0.05, 0.1) is 0 Å². The molecular formula is C16H24N4O2. The highest BCUT2D eigenvalue weighted by atomic mass is 16.6. The molecule has 6 heteroatoms. The lowest BCUT2D eigenvalue weighted by Crippen LogP contribution is -2.40. The van der Waals surface area contributed by atoms with Crippen LogP contribution in [0, 0.1) is 0 Å². The maximum absolute atomic E-state index is 12.0. The second-order valence-electron chi connectivity index (χ2n) is 6.47. The van der Waals surface area contributed by atoms with Crippen LogP contribution in [0.1, 0.15) is 39.3 Å². The van der Waals surface area contributed by atoms with Crippen molar-refractivity contribution in [3.63, 3.8) is 0 Å². The molecule has 2 heterocycles. The minimum absolute atomic E-state index is 0.249. The van der Waals surface area contributed by atoms with Crippen LogP contribution in [0.25, 0.3) is 0 Å². The third kappa shape index (κ3) is 4.72. The van der Waals surface area contributed by atoms with Gasteiger partial charge in [0.2, 0.25) is 0 Å². The third-order valence-electron chi connectivity index (χ3n) is 3.49. The first-order chi connectivity index (χ1) is 10.3. The molecule has 2 rings (SSSR count). The van der Waals surface area contributed by atoms with Crippen LogP contribution in [-0.2, 0) is 11.2 Å². The summed E-state index contributed by atoms with van der Waals surface area (Å²) in [5, 5.41) is 0. The summed E-state index contributed by atoms with van der Waals surface area (Å²) in [6.45, 7) is 6.92. The van der Waals surface area contributed by atoms with Crippen LogP contribution < -0.4 is 5.73 Å². The molecule has 1 aromatic heterocycles. The molecule has 0 unspecified atom stereocenters. The van der Waals surface area contributed by atoms with Crippen LogP contribution in [0.5, 0.6) is 0 Å². The van der Waals surface area contributed by atoms with Gasteiger partial charge in [0.1, 0.15) is 11.9 Å². The fraction of sp³-hybridized carbons (Fsp3) is 0.562. The summed E-state index contributed by atoms with van der Waals surface area (Å²) in [6, 6.07) is 1.86. The maximum atomic E-state index is 12.0. The number of piperidine rings is 1. The number of amides is 1. The van der Waals surface area contributed by atoms with E-state index < -0.39 is 5.60 Å². The fourth-order valence-electron chi connectivity index (χ4n) is 2.35. The molecule has 1 amide bonds. The highest BCUT2D eigenvalue weighted by Crippen LogP contribution is 2.21. The average molecular weight is 304 g/mol. The molecule has 6 nitrogen and oxygen atoms in total. The minimum Gasteiger partial charge on any atom is -0.444 e. The number of allylic oxidation sites excluding steroid dienone is 1. The van der Waals surface area contributed by atoms with Crippen LogP contribution in [0.2, 0.25) is 0 Å². The number of carbonyl (C=O) groups excluding carboxylic acids is 1. The number of rotatable bonds is 2. The number of carbonyl (C=O) groups is 1. The Hall–Kier alpha value is -2.11. The summed E-state index contributed by atoms with van der Waals surface area (Å²) >= 11 is 0. The van der Waals surface area contributed by atoms with E-state index in [1.165, 1.54) is 11.9 Å². The monoisotopic (exact) mass is 304 g/mol. The molecule has 0 saturated carbocycles. The van der Waals surface area contributed by atoms with Crippen molar-refractivity contribution < 1.29 is 9.53 Å². The lowest BCUT2D eigenvalue weighted by Gasteiger charge is -2.31. The number of hydrogen-bond donors (Lipinski definition) is 1. The van der Waals surface area contributed by atoms with Crippen molar-refractivity contribution in [1.29, 1.82) is 0 Å². The SMILES string of the molecule is CC(C)(C)OC(=O)N1CCC(=C(N)Cc2ccncn2)CC1. The Balaban J connectivity index is 1.91. The molecule has 0 bridgehead atoms. The van der Waals surface area contributed by atoms with Gasteiger partial charge in [-0.1, -0.05) is 0 Å². The van der Waals surface area contributed by atoms with Crippen LogP contribution >= 0.6 is 0 Å². The van der Waals surface area contributed by atoms with E-state index in [9.17, 15) is 4.79 Å². The van der Waals surface area contributed by atoms with Crippen molar-refractivity contribution >= 4 is 6.09 Å². The molecule has 0 radical (unpaired) electrons. The summed E-state index contributed by atoms with van der Waals surface area (Å²) < 4.78 is 5.39. The largest absolute Gasteiger partial charge is 0.444 e. The van der Waals surface area contributed by atoms with Gasteiger partial charge in [0.25, 0.3) is 0 Å². The van der Waals surface area contributed by atoms with Gasteiger partial charge in [-0.25, -0.2) is 14.8 Å². The van der Waals surface area contributed by atoms with E-state index in [1.807, 2.05) is 26.8 Å². The van der Waals surface area contributed by atoms with Crippen molar-refractivity contribution in [3.05, 3.63) is 35.6 Å². The normalized spacial score (nSPS) is 15.6. The summed E-state index contributed by atoms with van der Waals surface area (Å²) in [7, 11) is 0. The summed E-state index contributed by atoms with van der Waals surface area (Å²) in [5.41, 5.74) is 8.70. The Morgan fingerprint density at radius 1 is 1.36 bits per heavy atom. The van der Waals surface area contributed by atoms with Gasteiger partial charge in [-0.2, -0.15) is 0 Å². The van der Waals surface area contributed by atoms with Gasteiger partial charge in [-0.15, -0.1) is 0 Å². The van der Waals surface area contributed by atoms with Crippen molar-refractivity contribution in [1.82, 2.24) is 14.9 Å². The predicted molar refractivity (Wildman–Crippen MR) is 84.0 cm³/mol. The van der Waals surface area contributed by atoms with Crippen LogP contribution in [-0.4, -0.2) is 39.7 Å². The quantitative estimate of drug-likeness (QED) is 0.906. The molecule has 0 aromatic carbocycles. The molecular weight excluding hydrogens is 280 g/mol. The smallest absolute Gasteiger partial charge is 0.410 e. The molecule has 1 aliphatic heterocycles. The molecule has 1 saturated heterocycles. The van der Waals surface area contributed by atoms with E-state index in [-0.39, 0.29) is 6.09 Å². The highest BCUT2D eigenvalue weighted by molar-refractivity contribution is 5.68. The highest BCUT2D eigenvalue weighted by Gasteiger charge is 2.25. The second-order valence-corrected chi connectivity index (χ2v) is 6.47. The van der Waals surface area contributed by atoms with Gasteiger partial charge < -0.3 is 15.4 Å². The van der Waals surface area contributed by atoms with E-state index in [1.54, 1.807) is 11.1 Å². The van der Waals surface area contributed by atoms with E-state index in [2.05, 4.69) is 9.97 Å². The van der Waals surface area contributed by atoms with Crippen molar-refractivity contribution in [2.24, 2.45) is 5.73 Å². The van der Waals surface area contributed by atoms with Gasteiger partial charge in [0, 0.05) is 37.1 Å². The lowest BCUT2D eigenvalue weighted by atomic mass is 10.00. The minimum atomic E-state index is -0.459. The number of likely N-dealkylation sites (tertiary alicyclic amines) is 1. The third-order valence-corrected chi connectivity index (χ3v) is 3.49. The van der Waals surface area contributed by atoms with Crippen molar-refractivity contribution in [3.8, 4) is 0 Å². The Morgan fingerprint density at radius 3 is 2.59 bits per heavy atom. The molecule has 1 aromatic rings. The fourth-order valence-corrected chi connectivity index (χ4v) is 2.35. The molecule has 1 aliphatic rings. The number of hydrogen-bond acceptors (Lipinski definition) is 5. The Labute approximate surface area is 131 Å². The average Bonchev–Trinajstić information content (AvgIpc) is 2.46. The van der Waals surface area contributed by atoms with Crippen molar-refractivity contribution in [2.75, 3.05) is 13.1 Å². The summed E-state index contributed by atoms with van der Waals surface area (Å²) in [5.74, 6) is 0. The molecule has 120 valence electrons. The Bertz CT molecular complexity index is 539. The van der Waals surface area contributed by atoms with Crippen LogP contribution in [0.3, 0.4) is 0 Å². The zero-order valence-electron chi connectivity index (χ0n) is 13.5. The molecule has 1 fully saturated rings. The summed E-state index contributed by atoms with van der Waals surface area (Å²) in [6.07, 6.45) is 5.20. The molecule has 2 N–H and O–H groups in total. The first-order valence-electron chi connectivity index (χ1n) is 7.54. The van der Waals surface area contributed by atoms with E-state index >= 15 is 0 Å². The molecule has 0 atom stereocenters. The predicted octanol–water partition coefficient (Wildman–Crippen LogP) is 2.26.